The number of amides is 1. The highest BCUT2D eigenvalue weighted by Gasteiger charge is 2.25. The second kappa shape index (κ2) is 8.80. The molecule has 0 unspecified atom stereocenters. The van der Waals surface area contributed by atoms with Gasteiger partial charge in [-0.2, -0.15) is 0 Å². The van der Waals surface area contributed by atoms with Crippen molar-refractivity contribution < 1.29 is 13.2 Å². The second-order valence-corrected chi connectivity index (χ2v) is 10.4. The van der Waals surface area contributed by atoms with E-state index in [1.54, 1.807) is 0 Å². The van der Waals surface area contributed by atoms with E-state index in [0.717, 1.165) is 41.4 Å². The van der Waals surface area contributed by atoms with Crippen LogP contribution in [-0.4, -0.2) is 27.1 Å². The van der Waals surface area contributed by atoms with Gasteiger partial charge in [-0.05, 0) is 81.2 Å². The van der Waals surface area contributed by atoms with Crippen molar-refractivity contribution in [2.45, 2.75) is 59.4 Å². The molecule has 0 heterocycles. The topological polar surface area (TPSA) is 66.5 Å². The van der Waals surface area contributed by atoms with E-state index in [2.05, 4.69) is 23.5 Å². The van der Waals surface area contributed by atoms with Crippen LogP contribution in [0.2, 0.25) is 0 Å². The third-order valence-electron chi connectivity index (χ3n) is 5.82. The van der Waals surface area contributed by atoms with Crippen LogP contribution >= 0.6 is 0 Å². The zero-order chi connectivity index (χ0) is 22.1. The highest BCUT2D eigenvalue weighted by molar-refractivity contribution is 7.92. The fraction of sp³-hybridized carbons (Fsp3) is 0.458. The summed E-state index contributed by atoms with van der Waals surface area (Å²) >= 11 is 0. The van der Waals surface area contributed by atoms with E-state index in [-0.39, 0.29) is 18.5 Å². The third kappa shape index (κ3) is 5.04. The third-order valence-corrected chi connectivity index (χ3v) is 6.93. The zero-order valence-corrected chi connectivity index (χ0v) is 19.4. The van der Waals surface area contributed by atoms with Gasteiger partial charge in [-0.15, -0.1) is 0 Å². The van der Waals surface area contributed by atoms with Gasteiger partial charge in [0.05, 0.1) is 18.0 Å². The lowest BCUT2D eigenvalue weighted by Crippen LogP contribution is -2.41. The van der Waals surface area contributed by atoms with Crippen LogP contribution in [0.5, 0.6) is 0 Å². The summed E-state index contributed by atoms with van der Waals surface area (Å²) in [6.07, 6.45) is 5.78. The molecule has 3 rings (SSSR count). The summed E-state index contributed by atoms with van der Waals surface area (Å²) in [7, 11) is -3.61. The Morgan fingerprint density at radius 1 is 1.03 bits per heavy atom. The fourth-order valence-electron chi connectivity index (χ4n) is 4.45. The van der Waals surface area contributed by atoms with E-state index < -0.39 is 10.0 Å². The molecule has 1 aliphatic carbocycles. The highest BCUT2D eigenvalue weighted by Crippen LogP contribution is 2.28. The fourth-order valence-corrected chi connectivity index (χ4v) is 5.42. The van der Waals surface area contributed by atoms with Gasteiger partial charge in [-0.3, -0.25) is 9.10 Å². The molecule has 30 heavy (non-hydrogen) atoms. The molecule has 0 spiro atoms. The predicted molar refractivity (Wildman–Crippen MR) is 122 cm³/mol. The molecule has 0 aromatic heterocycles. The van der Waals surface area contributed by atoms with Crippen LogP contribution in [0.3, 0.4) is 0 Å². The van der Waals surface area contributed by atoms with Crippen molar-refractivity contribution in [3.8, 4) is 0 Å². The number of fused-ring (bicyclic) bond motifs is 1. The molecular formula is C24H32N2O3S. The molecule has 2 aromatic rings. The summed E-state index contributed by atoms with van der Waals surface area (Å²) in [6, 6.07) is 10.1. The van der Waals surface area contributed by atoms with Crippen molar-refractivity contribution in [2.75, 3.05) is 17.1 Å². The number of hydrogen-bond acceptors (Lipinski definition) is 3. The van der Waals surface area contributed by atoms with Crippen molar-refractivity contribution in [2.24, 2.45) is 0 Å². The molecule has 6 heteroatoms. The SMILES string of the molecule is Cc1cc(C)c(N(CC(=O)N[C@H](C)c2ccc3c(c2)CCCC3)S(C)(=O)=O)c(C)c1. The van der Waals surface area contributed by atoms with Crippen LogP contribution in [0.15, 0.2) is 30.3 Å². The predicted octanol–water partition coefficient (Wildman–Crippen LogP) is 4.13. The summed E-state index contributed by atoms with van der Waals surface area (Å²) in [5, 5.41) is 2.98. The molecule has 0 saturated heterocycles. The number of carbonyl (C=O) groups excluding carboxylic acids is 1. The lowest BCUT2D eigenvalue weighted by atomic mass is 9.89. The van der Waals surface area contributed by atoms with Gasteiger partial charge in [0.1, 0.15) is 6.54 Å². The summed E-state index contributed by atoms with van der Waals surface area (Å²) < 4.78 is 26.3. The van der Waals surface area contributed by atoms with Gasteiger partial charge in [0.25, 0.3) is 0 Å². The minimum absolute atomic E-state index is 0.189. The maximum absolute atomic E-state index is 12.8. The first kappa shape index (κ1) is 22.3. The average molecular weight is 429 g/mol. The van der Waals surface area contributed by atoms with Crippen molar-refractivity contribution in [3.63, 3.8) is 0 Å². The number of benzene rings is 2. The van der Waals surface area contributed by atoms with E-state index in [1.165, 1.54) is 28.3 Å². The number of anilines is 1. The molecule has 1 aliphatic rings. The summed E-state index contributed by atoms with van der Waals surface area (Å²) in [4.78, 5) is 12.8. The number of carbonyl (C=O) groups is 1. The van der Waals surface area contributed by atoms with Gasteiger partial charge in [0.15, 0.2) is 0 Å². The molecule has 0 aliphatic heterocycles. The summed E-state index contributed by atoms with van der Waals surface area (Å²) in [6.45, 7) is 7.43. The van der Waals surface area contributed by atoms with Crippen molar-refractivity contribution in [1.29, 1.82) is 0 Å². The van der Waals surface area contributed by atoms with Gasteiger partial charge in [-0.25, -0.2) is 8.42 Å². The molecule has 1 N–H and O–H groups in total. The van der Waals surface area contributed by atoms with Crippen LogP contribution in [0, 0.1) is 20.8 Å². The van der Waals surface area contributed by atoms with Crippen LogP contribution < -0.4 is 9.62 Å². The summed E-state index contributed by atoms with van der Waals surface area (Å²) in [5.41, 5.74) is 7.15. The average Bonchev–Trinajstić information content (AvgIpc) is 2.65. The molecule has 162 valence electrons. The molecular weight excluding hydrogens is 396 g/mol. The minimum atomic E-state index is -3.61. The number of hydrogen-bond donors (Lipinski definition) is 1. The lowest BCUT2D eigenvalue weighted by Gasteiger charge is -2.27. The Balaban J connectivity index is 1.79. The minimum Gasteiger partial charge on any atom is -0.348 e. The van der Waals surface area contributed by atoms with Crippen molar-refractivity contribution in [1.82, 2.24) is 5.32 Å². The quantitative estimate of drug-likeness (QED) is 0.752. The second-order valence-electron chi connectivity index (χ2n) is 8.54. The monoisotopic (exact) mass is 428 g/mol. The molecule has 1 atom stereocenters. The van der Waals surface area contributed by atoms with Gasteiger partial charge in [0.2, 0.25) is 15.9 Å². The molecule has 0 bridgehead atoms. The Kier molecular flexibility index (Phi) is 6.56. The van der Waals surface area contributed by atoms with E-state index in [1.807, 2.05) is 39.8 Å². The highest BCUT2D eigenvalue weighted by atomic mass is 32.2. The number of sulfonamides is 1. The molecule has 0 radical (unpaired) electrons. The molecule has 0 saturated carbocycles. The summed E-state index contributed by atoms with van der Waals surface area (Å²) in [5.74, 6) is -0.315. The normalized spacial score (nSPS) is 14.7. The number of aryl methyl sites for hydroxylation is 5. The first-order valence-electron chi connectivity index (χ1n) is 10.5. The lowest BCUT2D eigenvalue weighted by molar-refractivity contribution is -0.120. The first-order chi connectivity index (χ1) is 14.1. The Bertz CT molecular complexity index is 1040. The number of nitrogens with zero attached hydrogens (tertiary/aromatic N) is 1. The Hall–Kier alpha value is -2.34. The standard InChI is InChI=1S/C24H32N2O3S/c1-16-12-17(2)24(18(3)13-16)26(30(5,28)29)15-23(27)25-19(4)21-11-10-20-8-6-7-9-22(20)14-21/h10-14,19H,6-9,15H2,1-5H3,(H,25,27)/t19-/m1/s1. The number of rotatable bonds is 6. The maximum atomic E-state index is 12.8. The number of nitrogens with one attached hydrogen (secondary N) is 1. The van der Waals surface area contributed by atoms with Crippen LogP contribution in [-0.2, 0) is 27.7 Å². The van der Waals surface area contributed by atoms with Gasteiger partial charge in [0, 0.05) is 0 Å². The first-order valence-corrected chi connectivity index (χ1v) is 12.4. The smallest absolute Gasteiger partial charge is 0.241 e. The van der Waals surface area contributed by atoms with Gasteiger partial charge in [-0.1, -0.05) is 35.9 Å². The zero-order valence-electron chi connectivity index (χ0n) is 18.6. The van der Waals surface area contributed by atoms with Gasteiger partial charge >= 0.3 is 0 Å². The van der Waals surface area contributed by atoms with E-state index in [9.17, 15) is 13.2 Å². The van der Waals surface area contributed by atoms with Gasteiger partial charge < -0.3 is 5.32 Å². The molecule has 1 amide bonds. The van der Waals surface area contributed by atoms with E-state index >= 15 is 0 Å². The van der Waals surface area contributed by atoms with Crippen molar-refractivity contribution in [3.05, 3.63) is 63.7 Å². The van der Waals surface area contributed by atoms with E-state index in [0.29, 0.717) is 5.69 Å². The largest absolute Gasteiger partial charge is 0.348 e. The Labute approximate surface area is 180 Å². The Morgan fingerprint density at radius 3 is 2.23 bits per heavy atom. The molecule has 0 fully saturated rings. The maximum Gasteiger partial charge on any atom is 0.241 e. The Morgan fingerprint density at radius 2 is 1.63 bits per heavy atom. The van der Waals surface area contributed by atoms with Crippen LogP contribution in [0.1, 0.15) is 59.2 Å². The van der Waals surface area contributed by atoms with Crippen LogP contribution in [0.25, 0.3) is 0 Å². The molecule has 2 aromatic carbocycles. The van der Waals surface area contributed by atoms with Crippen LogP contribution in [0.4, 0.5) is 5.69 Å². The van der Waals surface area contributed by atoms with E-state index in [4.69, 9.17) is 0 Å². The molecule has 5 nitrogen and oxygen atoms in total. The van der Waals surface area contributed by atoms with Crippen molar-refractivity contribution >= 4 is 21.6 Å².